The normalized spacial score (nSPS) is 11.5. The Morgan fingerprint density at radius 1 is 0.571 bits per heavy atom. The number of amidine groups is 1. The molecule has 170 valence electrons. The zero-order valence-electron chi connectivity index (χ0n) is 19.2. The van der Waals surface area contributed by atoms with E-state index in [9.17, 15) is 0 Å². The number of hydrogen-bond acceptors (Lipinski definition) is 2. The molecule has 0 amide bonds. The van der Waals surface area contributed by atoms with Gasteiger partial charge in [-0.1, -0.05) is 127 Å². The lowest BCUT2D eigenvalue weighted by Crippen LogP contribution is -2.28. The molecule has 0 aliphatic rings. The quantitative estimate of drug-likeness (QED) is 0.159. The van der Waals surface area contributed by atoms with Crippen LogP contribution in [0.25, 0.3) is 0 Å². The standard InChI is InChI=1S/C31H25N2PS/c32-31(33-28-21-11-13-23-30(28)35-26-18-8-3-9-19-26)27-20-10-12-22-29(27)34(24-14-4-1-5-15-24)25-16-6-2-7-17-25/h1-23H,(H2,32,33). The average molecular weight is 489 g/mol. The minimum Gasteiger partial charge on any atom is -0.383 e. The van der Waals surface area contributed by atoms with Crippen molar-refractivity contribution in [2.24, 2.45) is 10.7 Å². The van der Waals surface area contributed by atoms with Crippen LogP contribution in [-0.2, 0) is 0 Å². The second-order valence-electron chi connectivity index (χ2n) is 7.90. The lowest BCUT2D eigenvalue weighted by Gasteiger charge is -2.22. The summed E-state index contributed by atoms with van der Waals surface area (Å²) in [5.41, 5.74) is 8.59. The number of rotatable bonds is 7. The Morgan fingerprint density at radius 2 is 1.09 bits per heavy atom. The van der Waals surface area contributed by atoms with Gasteiger partial charge in [0.2, 0.25) is 0 Å². The molecule has 0 saturated carbocycles. The monoisotopic (exact) mass is 488 g/mol. The second-order valence-corrected chi connectivity index (χ2v) is 11.2. The molecule has 4 heteroatoms. The molecule has 0 atom stereocenters. The molecule has 0 aromatic heterocycles. The molecule has 5 rings (SSSR count). The molecule has 0 radical (unpaired) electrons. The largest absolute Gasteiger partial charge is 0.383 e. The average Bonchev–Trinajstić information content (AvgIpc) is 2.92. The number of benzene rings is 5. The number of aliphatic imine (C=N–C) groups is 1. The molecule has 0 fully saturated rings. The fraction of sp³-hybridized carbons (Fsp3) is 0. The smallest absolute Gasteiger partial charge is 0.132 e. The van der Waals surface area contributed by atoms with E-state index in [1.54, 1.807) is 11.8 Å². The van der Waals surface area contributed by atoms with Crippen molar-refractivity contribution in [3.8, 4) is 0 Å². The Bertz CT molecular complexity index is 1380. The van der Waals surface area contributed by atoms with Crippen molar-refractivity contribution in [1.82, 2.24) is 0 Å². The summed E-state index contributed by atoms with van der Waals surface area (Å²) in [5.74, 6) is 0.529. The highest BCUT2D eigenvalue weighted by molar-refractivity contribution is 7.99. The van der Waals surface area contributed by atoms with Crippen LogP contribution in [0.15, 0.2) is 154 Å². The predicted octanol–water partition coefficient (Wildman–Crippen LogP) is 6.63. The highest BCUT2D eigenvalue weighted by Crippen LogP contribution is 2.36. The minimum atomic E-state index is -0.787. The zero-order valence-corrected chi connectivity index (χ0v) is 20.9. The first kappa shape index (κ1) is 23.1. The molecule has 5 aromatic rings. The van der Waals surface area contributed by atoms with Gasteiger partial charge in [0.25, 0.3) is 0 Å². The van der Waals surface area contributed by atoms with Gasteiger partial charge in [-0.3, -0.25) is 0 Å². The van der Waals surface area contributed by atoms with E-state index in [1.807, 2.05) is 42.5 Å². The van der Waals surface area contributed by atoms with E-state index in [4.69, 9.17) is 10.7 Å². The molecule has 0 spiro atoms. The van der Waals surface area contributed by atoms with Crippen molar-refractivity contribution >= 4 is 47.1 Å². The number of hydrogen-bond donors (Lipinski definition) is 1. The Balaban J connectivity index is 1.58. The van der Waals surface area contributed by atoms with Crippen molar-refractivity contribution in [2.75, 3.05) is 0 Å². The number of para-hydroxylation sites is 1. The lowest BCUT2D eigenvalue weighted by atomic mass is 10.2. The maximum absolute atomic E-state index is 6.74. The van der Waals surface area contributed by atoms with Crippen LogP contribution < -0.4 is 21.6 Å². The third-order valence-corrected chi connectivity index (χ3v) is 9.10. The fourth-order valence-corrected chi connectivity index (χ4v) is 7.28. The summed E-state index contributed by atoms with van der Waals surface area (Å²) in [6.45, 7) is 0. The van der Waals surface area contributed by atoms with Crippen LogP contribution in [-0.4, -0.2) is 5.84 Å². The van der Waals surface area contributed by atoms with Crippen LogP contribution in [0.5, 0.6) is 0 Å². The molecule has 0 aliphatic carbocycles. The van der Waals surface area contributed by atoms with Gasteiger partial charge in [-0.05, 0) is 48.1 Å². The third-order valence-electron chi connectivity index (χ3n) is 5.53. The van der Waals surface area contributed by atoms with E-state index < -0.39 is 7.92 Å². The predicted molar refractivity (Wildman–Crippen MR) is 153 cm³/mol. The maximum Gasteiger partial charge on any atom is 0.132 e. The molecule has 0 saturated heterocycles. The molecule has 2 nitrogen and oxygen atoms in total. The molecule has 0 unspecified atom stereocenters. The summed E-state index contributed by atoms with van der Waals surface area (Å²) < 4.78 is 0. The second kappa shape index (κ2) is 11.2. The van der Waals surface area contributed by atoms with E-state index in [0.29, 0.717) is 5.84 Å². The van der Waals surface area contributed by atoms with E-state index >= 15 is 0 Å². The molecule has 2 N–H and O–H groups in total. The SMILES string of the molecule is NC(=Nc1ccccc1Sc1ccccc1)c1ccccc1P(c1ccccc1)c1ccccc1. The topological polar surface area (TPSA) is 38.4 Å². The van der Waals surface area contributed by atoms with Crippen molar-refractivity contribution in [3.05, 3.63) is 145 Å². The summed E-state index contributed by atoms with van der Waals surface area (Å²) in [5, 5.41) is 3.78. The molecular weight excluding hydrogens is 463 g/mol. The van der Waals surface area contributed by atoms with Crippen molar-refractivity contribution in [1.29, 1.82) is 0 Å². The van der Waals surface area contributed by atoms with E-state index in [1.165, 1.54) is 20.8 Å². The van der Waals surface area contributed by atoms with E-state index in [-0.39, 0.29) is 0 Å². The summed E-state index contributed by atoms with van der Waals surface area (Å²) in [4.78, 5) is 7.19. The Kier molecular flexibility index (Phi) is 7.38. The molecule has 0 heterocycles. The zero-order chi connectivity index (χ0) is 23.9. The first-order valence-corrected chi connectivity index (χ1v) is 13.6. The van der Waals surface area contributed by atoms with Gasteiger partial charge in [0.05, 0.1) is 5.69 Å². The van der Waals surface area contributed by atoms with Gasteiger partial charge in [0, 0.05) is 15.4 Å². The molecular formula is C31H25N2PS. The van der Waals surface area contributed by atoms with Crippen LogP contribution in [0.4, 0.5) is 5.69 Å². The molecule has 0 bridgehead atoms. The van der Waals surface area contributed by atoms with Crippen LogP contribution >= 0.6 is 19.7 Å². The Labute approximate surface area is 212 Å². The lowest BCUT2D eigenvalue weighted by molar-refractivity contribution is 1.34. The first-order valence-electron chi connectivity index (χ1n) is 11.5. The highest BCUT2D eigenvalue weighted by Gasteiger charge is 2.20. The van der Waals surface area contributed by atoms with Gasteiger partial charge >= 0.3 is 0 Å². The highest BCUT2D eigenvalue weighted by atomic mass is 32.2. The van der Waals surface area contributed by atoms with Gasteiger partial charge in [0.15, 0.2) is 0 Å². The summed E-state index contributed by atoms with van der Waals surface area (Å²) in [6.07, 6.45) is 0. The summed E-state index contributed by atoms with van der Waals surface area (Å²) >= 11 is 1.70. The van der Waals surface area contributed by atoms with Gasteiger partial charge in [-0.15, -0.1) is 0 Å². The Morgan fingerprint density at radius 3 is 1.74 bits per heavy atom. The van der Waals surface area contributed by atoms with Gasteiger partial charge in [-0.25, -0.2) is 4.99 Å². The molecule has 0 aliphatic heterocycles. The number of nitrogens with zero attached hydrogens (tertiary/aromatic N) is 1. The molecule has 35 heavy (non-hydrogen) atoms. The summed E-state index contributed by atoms with van der Waals surface area (Å²) in [7, 11) is -0.787. The van der Waals surface area contributed by atoms with Crippen LogP contribution in [0, 0.1) is 0 Å². The van der Waals surface area contributed by atoms with E-state index in [2.05, 4.69) is 97.1 Å². The number of nitrogens with two attached hydrogens (primary N) is 1. The summed E-state index contributed by atoms with van der Waals surface area (Å²) in [6, 6.07) is 48.3. The van der Waals surface area contributed by atoms with Gasteiger partial charge in [-0.2, -0.15) is 0 Å². The van der Waals surface area contributed by atoms with Gasteiger partial charge in [0.1, 0.15) is 5.84 Å². The van der Waals surface area contributed by atoms with Crippen molar-refractivity contribution in [3.63, 3.8) is 0 Å². The molecule has 5 aromatic carbocycles. The van der Waals surface area contributed by atoms with Crippen LogP contribution in [0.1, 0.15) is 5.56 Å². The maximum atomic E-state index is 6.74. The first-order chi connectivity index (χ1) is 17.3. The van der Waals surface area contributed by atoms with Gasteiger partial charge < -0.3 is 5.73 Å². The van der Waals surface area contributed by atoms with Crippen LogP contribution in [0.3, 0.4) is 0 Å². The minimum absolute atomic E-state index is 0.529. The Hall–Kier alpha value is -3.65. The fourth-order valence-electron chi connectivity index (χ4n) is 3.91. The van der Waals surface area contributed by atoms with Crippen molar-refractivity contribution in [2.45, 2.75) is 9.79 Å². The van der Waals surface area contributed by atoms with Crippen molar-refractivity contribution < 1.29 is 0 Å². The third kappa shape index (κ3) is 5.54. The van der Waals surface area contributed by atoms with E-state index in [0.717, 1.165) is 16.1 Å². The van der Waals surface area contributed by atoms with Crippen LogP contribution in [0.2, 0.25) is 0 Å².